The van der Waals surface area contributed by atoms with E-state index in [0.29, 0.717) is 5.92 Å². The van der Waals surface area contributed by atoms with Gasteiger partial charge in [-0.15, -0.1) is 11.8 Å². The molecule has 1 aliphatic heterocycles. The topological polar surface area (TPSA) is 12.0 Å². The molecule has 92 valence electrons. The highest BCUT2D eigenvalue weighted by Crippen LogP contribution is 2.39. The molecular weight excluding hydrogens is 262 g/mol. The Labute approximate surface area is 117 Å². The van der Waals surface area contributed by atoms with E-state index in [9.17, 15) is 0 Å². The average molecular weight is 276 g/mol. The van der Waals surface area contributed by atoms with E-state index in [1.807, 2.05) is 30.0 Å². The van der Waals surface area contributed by atoms with Crippen molar-refractivity contribution in [2.75, 3.05) is 17.6 Å². The van der Waals surface area contributed by atoms with Crippen LogP contribution in [0.15, 0.2) is 53.4 Å². The Balaban J connectivity index is 1.69. The highest BCUT2D eigenvalue weighted by atomic mass is 35.5. The van der Waals surface area contributed by atoms with Crippen molar-refractivity contribution in [3.63, 3.8) is 0 Å². The van der Waals surface area contributed by atoms with E-state index in [4.69, 9.17) is 11.6 Å². The van der Waals surface area contributed by atoms with Crippen LogP contribution < -0.4 is 5.32 Å². The van der Waals surface area contributed by atoms with Crippen LogP contribution in [0.1, 0.15) is 11.5 Å². The lowest BCUT2D eigenvalue weighted by Gasteiger charge is -2.13. The second kappa shape index (κ2) is 5.25. The normalized spacial score (nSPS) is 17.5. The summed E-state index contributed by atoms with van der Waals surface area (Å²) >= 11 is 7.93. The molecular formula is C15H14ClNS. The number of anilines is 1. The van der Waals surface area contributed by atoms with Crippen LogP contribution in [0.4, 0.5) is 5.69 Å². The molecule has 1 heterocycles. The summed E-state index contributed by atoms with van der Waals surface area (Å²) in [7, 11) is 0. The number of nitrogens with one attached hydrogen (secondary N) is 1. The number of benzene rings is 2. The molecule has 1 unspecified atom stereocenters. The minimum Gasteiger partial charge on any atom is -0.384 e. The van der Waals surface area contributed by atoms with Crippen molar-refractivity contribution in [2.45, 2.75) is 10.8 Å². The maximum absolute atomic E-state index is 5.98. The monoisotopic (exact) mass is 275 g/mol. The first kappa shape index (κ1) is 11.9. The highest BCUT2D eigenvalue weighted by Gasteiger charge is 2.22. The SMILES string of the molecule is Clc1cccc(NCC2CSc3ccccc32)c1. The summed E-state index contributed by atoms with van der Waals surface area (Å²) < 4.78 is 0. The van der Waals surface area contributed by atoms with Crippen molar-refractivity contribution < 1.29 is 0 Å². The molecule has 0 radical (unpaired) electrons. The van der Waals surface area contributed by atoms with Crippen LogP contribution in [-0.4, -0.2) is 12.3 Å². The van der Waals surface area contributed by atoms with Gasteiger partial charge in [0.1, 0.15) is 0 Å². The molecule has 1 atom stereocenters. The Hall–Kier alpha value is -1.12. The number of rotatable bonds is 3. The van der Waals surface area contributed by atoms with Crippen LogP contribution in [0.5, 0.6) is 0 Å². The predicted molar refractivity (Wildman–Crippen MR) is 79.8 cm³/mol. The fourth-order valence-electron chi connectivity index (χ4n) is 2.24. The lowest BCUT2D eigenvalue weighted by atomic mass is 10.0. The van der Waals surface area contributed by atoms with Crippen LogP contribution in [0, 0.1) is 0 Å². The maximum Gasteiger partial charge on any atom is 0.0426 e. The lowest BCUT2D eigenvalue weighted by molar-refractivity contribution is 0.819. The van der Waals surface area contributed by atoms with Crippen LogP contribution in [-0.2, 0) is 0 Å². The largest absolute Gasteiger partial charge is 0.384 e. The molecule has 0 aromatic heterocycles. The second-order valence-corrected chi connectivity index (χ2v) is 5.94. The highest BCUT2D eigenvalue weighted by molar-refractivity contribution is 7.99. The van der Waals surface area contributed by atoms with Gasteiger partial charge in [0.25, 0.3) is 0 Å². The zero-order valence-corrected chi connectivity index (χ0v) is 11.5. The zero-order valence-electron chi connectivity index (χ0n) is 9.90. The first-order chi connectivity index (χ1) is 8.83. The minimum atomic E-state index is 0.588. The third-order valence-corrected chi connectivity index (χ3v) is 4.66. The Morgan fingerprint density at radius 1 is 1.17 bits per heavy atom. The van der Waals surface area contributed by atoms with Crippen molar-refractivity contribution in [2.24, 2.45) is 0 Å². The fraction of sp³-hybridized carbons (Fsp3) is 0.200. The molecule has 0 fully saturated rings. The van der Waals surface area contributed by atoms with Crippen LogP contribution in [0.2, 0.25) is 5.02 Å². The summed E-state index contributed by atoms with van der Waals surface area (Å²) in [6.07, 6.45) is 0. The van der Waals surface area contributed by atoms with Crippen molar-refractivity contribution >= 4 is 29.1 Å². The summed E-state index contributed by atoms with van der Waals surface area (Å²) in [5.41, 5.74) is 2.56. The van der Waals surface area contributed by atoms with Gasteiger partial charge in [0.05, 0.1) is 0 Å². The van der Waals surface area contributed by atoms with E-state index in [0.717, 1.165) is 23.0 Å². The smallest absolute Gasteiger partial charge is 0.0426 e. The van der Waals surface area contributed by atoms with Crippen molar-refractivity contribution in [3.05, 3.63) is 59.1 Å². The molecule has 2 aromatic carbocycles. The Morgan fingerprint density at radius 3 is 2.94 bits per heavy atom. The summed E-state index contributed by atoms with van der Waals surface area (Å²) in [5, 5.41) is 4.25. The van der Waals surface area contributed by atoms with E-state index in [1.165, 1.54) is 10.5 Å². The molecule has 1 N–H and O–H groups in total. The van der Waals surface area contributed by atoms with Gasteiger partial charge in [-0.25, -0.2) is 0 Å². The summed E-state index contributed by atoms with van der Waals surface area (Å²) in [6, 6.07) is 16.6. The van der Waals surface area contributed by atoms with E-state index < -0.39 is 0 Å². The predicted octanol–water partition coefficient (Wildman–Crippen LogP) is 4.64. The average Bonchev–Trinajstić information content (AvgIpc) is 2.80. The molecule has 1 aliphatic rings. The Kier molecular flexibility index (Phi) is 3.48. The molecule has 0 saturated carbocycles. The molecule has 0 bridgehead atoms. The van der Waals surface area contributed by atoms with Gasteiger partial charge < -0.3 is 5.32 Å². The van der Waals surface area contributed by atoms with Gasteiger partial charge in [0.2, 0.25) is 0 Å². The fourth-order valence-corrected chi connectivity index (χ4v) is 3.68. The molecule has 18 heavy (non-hydrogen) atoms. The zero-order chi connectivity index (χ0) is 12.4. The molecule has 0 saturated heterocycles. The minimum absolute atomic E-state index is 0.588. The number of hydrogen-bond acceptors (Lipinski definition) is 2. The van der Waals surface area contributed by atoms with Crippen LogP contribution >= 0.6 is 23.4 Å². The van der Waals surface area contributed by atoms with Crippen molar-refractivity contribution in [1.29, 1.82) is 0 Å². The van der Waals surface area contributed by atoms with Gasteiger partial charge in [-0.05, 0) is 29.8 Å². The Morgan fingerprint density at radius 2 is 2.06 bits per heavy atom. The standard InChI is InChI=1S/C15H14ClNS/c16-12-4-3-5-13(8-12)17-9-11-10-18-15-7-2-1-6-14(11)15/h1-8,11,17H,9-10H2. The van der Waals surface area contributed by atoms with E-state index in [-0.39, 0.29) is 0 Å². The first-order valence-electron chi connectivity index (χ1n) is 6.04. The molecule has 0 aliphatic carbocycles. The van der Waals surface area contributed by atoms with E-state index in [1.54, 1.807) is 0 Å². The van der Waals surface area contributed by atoms with Crippen LogP contribution in [0.3, 0.4) is 0 Å². The van der Waals surface area contributed by atoms with Gasteiger partial charge in [0.15, 0.2) is 0 Å². The van der Waals surface area contributed by atoms with Gasteiger partial charge in [0, 0.05) is 33.8 Å². The number of thioether (sulfide) groups is 1. The molecule has 2 aromatic rings. The summed E-state index contributed by atoms with van der Waals surface area (Å²) in [6.45, 7) is 0.963. The third kappa shape index (κ3) is 2.50. The molecule has 3 heteroatoms. The van der Waals surface area contributed by atoms with Gasteiger partial charge in [-0.3, -0.25) is 0 Å². The van der Waals surface area contributed by atoms with Gasteiger partial charge in [-0.2, -0.15) is 0 Å². The second-order valence-electron chi connectivity index (χ2n) is 4.44. The molecule has 1 nitrogen and oxygen atoms in total. The van der Waals surface area contributed by atoms with E-state index in [2.05, 4.69) is 35.6 Å². The number of hydrogen-bond donors (Lipinski definition) is 1. The Bertz CT molecular complexity index is 556. The van der Waals surface area contributed by atoms with Gasteiger partial charge in [-0.1, -0.05) is 35.9 Å². The van der Waals surface area contributed by atoms with E-state index >= 15 is 0 Å². The number of fused-ring (bicyclic) bond motifs is 1. The molecule has 3 rings (SSSR count). The first-order valence-corrected chi connectivity index (χ1v) is 7.40. The third-order valence-electron chi connectivity index (χ3n) is 3.18. The summed E-state index contributed by atoms with van der Waals surface area (Å²) in [4.78, 5) is 1.43. The molecule has 0 spiro atoms. The van der Waals surface area contributed by atoms with Gasteiger partial charge >= 0.3 is 0 Å². The van der Waals surface area contributed by atoms with Crippen LogP contribution in [0.25, 0.3) is 0 Å². The summed E-state index contributed by atoms with van der Waals surface area (Å²) in [5.74, 6) is 1.75. The molecule has 0 amide bonds. The van der Waals surface area contributed by atoms with Crippen molar-refractivity contribution in [3.8, 4) is 0 Å². The van der Waals surface area contributed by atoms with Crippen molar-refractivity contribution in [1.82, 2.24) is 0 Å². The quantitative estimate of drug-likeness (QED) is 0.876. The number of halogens is 1. The lowest BCUT2D eigenvalue weighted by Crippen LogP contribution is -2.12. The maximum atomic E-state index is 5.98.